The molecule has 40 heavy (non-hydrogen) atoms. The zero-order valence-corrected chi connectivity index (χ0v) is 23.2. The standard InChI is InChI=1S/C23H27ClF3N5O7S/c1-4-31-10-18(19(24)30-31)40(35,36)32-9-15(8-28-20(33)13-11-37-12-13)38-17-6-5-14(7-16(17)32)29-21(34)39-22(2,3)23(25,26)27/h5-7,10,13,15H,4,8-9,11-12H2,1-3H3,(H,28,33)(H,29,34)/t15-/m0/s1. The van der Waals surface area contributed by atoms with E-state index in [2.05, 4.69) is 20.5 Å². The molecular weight excluding hydrogens is 583 g/mol. The molecule has 1 atom stereocenters. The number of hydrogen-bond acceptors (Lipinski definition) is 8. The Kier molecular flexibility index (Phi) is 8.15. The Hall–Kier alpha value is -3.24. The van der Waals surface area contributed by atoms with Crippen LogP contribution in [0, 0.1) is 5.92 Å². The van der Waals surface area contributed by atoms with E-state index in [1.54, 1.807) is 6.92 Å². The highest BCUT2D eigenvalue weighted by Gasteiger charge is 2.51. The molecule has 1 aromatic heterocycles. The number of anilines is 2. The molecule has 0 radical (unpaired) electrons. The highest BCUT2D eigenvalue weighted by molar-refractivity contribution is 7.93. The van der Waals surface area contributed by atoms with E-state index >= 15 is 0 Å². The summed E-state index contributed by atoms with van der Waals surface area (Å²) in [6.07, 6.45) is -5.78. The number of nitrogens with zero attached hydrogens (tertiary/aromatic N) is 3. The van der Waals surface area contributed by atoms with Crippen LogP contribution in [0.15, 0.2) is 29.3 Å². The van der Waals surface area contributed by atoms with Crippen molar-refractivity contribution in [2.24, 2.45) is 5.92 Å². The predicted octanol–water partition coefficient (Wildman–Crippen LogP) is 3.16. The lowest BCUT2D eigenvalue weighted by Gasteiger charge is -2.36. The summed E-state index contributed by atoms with van der Waals surface area (Å²) in [4.78, 5) is 24.2. The zero-order chi connectivity index (χ0) is 29.5. The lowest BCUT2D eigenvalue weighted by Crippen LogP contribution is -2.50. The summed E-state index contributed by atoms with van der Waals surface area (Å²) in [7, 11) is -4.36. The topological polar surface area (TPSA) is 141 Å². The minimum absolute atomic E-state index is 0.0248. The van der Waals surface area contributed by atoms with Crippen LogP contribution in [0.3, 0.4) is 0 Å². The molecule has 1 aromatic carbocycles. The second kappa shape index (κ2) is 11.0. The van der Waals surface area contributed by atoms with Gasteiger partial charge in [-0.2, -0.15) is 18.3 Å². The van der Waals surface area contributed by atoms with E-state index in [-0.39, 0.29) is 52.1 Å². The second-order valence-corrected chi connectivity index (χ2v) is 11.8. The van der Waals surface area contributed by atoms with Crippen LogP contribution in [0.25, 0.3) is 0 Å². The van der Waals surface area contributed by atoms with Gasteiger partial charge in [0.05, 0.1) is 37.9 Å². The monoisotopic (exact) mass is 609 g/mol. The lowest BCUT2D eigenvalue weighted by atomic mass is 10.1. The van der Waals surface area contributed by atoms with Crippen LogP contribution >= 0.6 is 11.6 Å². The van der Waals surface area contributed by atoms with Crippen LogP contribution < -0.4 is 19.7 Å². The first-order valence-corrected chi connectivity index (χ1v) is 13.9. The van der Waals surface area contributed by atoms with Crippen molar-refractivity contribution in [3.8, 4) is 5.75 Å². The molecule has 0 spiro atoms. The molecule has 2 aromatic rings. The first-order valence-electron chi connectivity index (χ1n) is 12.1. The first-order chi connectivity index (χ1) is 18.6. The van der Waals surface area contributed by atoms with Crippen LogP contribution in [0.4, 0.5) is 29.3 Å². The third kappa shape index (κ3) is 6.07. The van der Waals surface area contributed by atoms with Gasteiger partial charge in [-0.1, -0.05) is 11.6 Å². The third-order valence-corrected chi connectivity index (χ3v) is 8.43. The quantitative estimate of drug-likeness (QED) is 0.465. The number of hydrogen-bond donors (Lipinski definition) is 2. The van der Waals surface area contributed by atoms with Gasteiger partial charge >= 0.3 is 12.3 Å². The average molecular weight is 610 g/mol. The van der Waals surface area contributed by atoms with E-state index in [9.17, 15) is 31.2 Å². The molecule has 1 fully saturated rings. The molecule has 3 heterocycles. The third-order valence-electron chi connectivity index (χ3n) is 6.26. The number of sulfonamides is 1. The van der Waals surface area contributed by atoms with Crippen molar-refractivity contribution in [3.05, 3.63) is 29.5 Å². The van der Waals surface area contributed by atoms with E-state index < -0.39 is 34.0 Å². The van der Waals surface area contributed by atoms with Crippen LogP contribution in [0.2, 0.25) is 5.15 Å². The number of nitrogens with one attached hydrogen (secondary N) is 2. The van der Waals surface area contributed by atoms with E-state index in [1.165, 1.54) is 29.1 Å². The lowest BCUT2D eigenvalue weighted by molar-refractivity contribution is -0.242. The molecule has 220 valence electrons. The van der Waals surface area contributed by atoms with Gasteiger partial charge in [-0.25, -0.2) is 13.2 Å². The van der Waals surface area contributed by atoms with Gasteiger partial charge in [0.1, 0.15) is 16.7 Å². The van der Waals surface area contributed by atoms with E-state index in [0.29, 0.717) is 33.6 Å². The van der Waals surface area contributed by atoms with Crippen molar-refractivity contribution >= 4 is 45.0 Å². The fraction of sp³-hybridized carbons (Fsp3) is 0.522. The Bertz CT molecular complexity index is 1400. The van der Waals surface area contributed by atoms with E-state index in [1.807, 2.05) is 0 Å². The Morgan fingerprint density at radius 1 is 1.25 bits per heavy atom. The van der Waals surface area contributed by atoms with Crippen LogP contribution in [-0.4, -0.2) is 74.4 Å². The average Bonchev–Trinajstić information content (AvgIpc) is 3.21. The second-order valence-electron chi connectivity index (χ2n) is 9.60. The van der Waals surface area contributed by atoms with Gasteiger partial charge in [-0.05, 0) is 39.0 Å². The molecule has 2 aliphatic heterocycles. The van der Waals surface area contributed by atoms with Crippen LogP contribution in [-0.2, 0) is 30.8 Å². The smallest absolute Gasteiger partial charge is 0.427 e. The van der Waals surface area contributed by atoms with Crippen LogP contribution in [0.5, 0.6) is 5.75 Å². The van der Waals surface area contributed by atoms with E-state index in [4.69, 9.17) is 21.1 Å². The summed E-state index contributed by atoms with van der Waals surface area (Å²) in [6.45, 7) is 3.77. The van der Waals surface area contributed by atoms with Gasteiger partial charge in [0, 0.05) is 18.4 Å². The maximum absolute atomic E-state index is 13.8. The number of carbonyl (C=O) groups is 2. The Morgan fingerprint density at radius 2 is 1.95 bits per heavy atom. The Morgan fingerprint density at radius 3 is 2.52 bits per heavy atom. The summed E-state index contributed by atoms with van der Waals surface area (Å²) >= 11 is 6.15. The number of halogens is 4. The maximum atomic E-state index is 13.8. The Labute approximate surface area is 232 Å². The van der Waals surface area contributed by atoms with Crippen LogP contribution in [0.1, 0.15) is 20.8 Å². The number of ether oxygens (including phenoxy) is 3. The number of rotatable bonds is 8. The molecule has 2 amide bonds. The number of alkyl halides is 3. The SMILES string of the molecule is CCn1cc(S(=O)(=O)N2C[C@H](CNC(=O)C3COC3)Oc3ccc(NC(=O)OC(C)(C)C(F)(F)F)cc32)c(Cl)n1. The van der Waals surface area contributed by atoms with Gasteiger partial charge in [-0.3, -0.25) is 19.1 Å². The summed E-state index contributed by atoms with van der Waals surface area (Å²) in [5.74, 6) is -0.484. The number of aromatic nitrogens is 2. The molecule has 4 rings (SSSR count). The van der Waals surface area contributed by atoms with Gasteiger partial charge in [0.15, 0.2) is 5.15 Å². The molecule has 0 bridgehead atoms. The molecule has 0 aliphatic carbocycles. The fourth-order valence-electron chi connectivity index (χ4n) is 3.74. The van der Waals surface area contributed by atoms with Gasteiger partial charge in [-0.15, -0.1) is 0 Å². The molecule has 17 heteroatoms. The summed E-state index contributed by atoms with van der Waals surface area (Å²) in [5, 5.41) is 8.62. The molecule has 12 nitrogen and oxygen atoms in total. The summed E-state index contributed by atoms with van der Waals surface area (Å²) < 4.78 is 84.7. The number of aryl methyl sites for hydroxylation is 1. The van der Waals surface area contributed by atoms with Gasteiger partial charge in [0.2, 0.25) is 11.5 Å². The number of fused-ring (bicyclic) bond motifs is 1. The zero-order valence-electron chi connectivity index (χ0n) is 21.6. The highest BCUT2D eigenvalue weighted by atomic mass is 35.5. The van der Waals surface area contributed by atoms with Crippen molar-refractivity contribution in [2.45, 2.75) is 50.1 Å². The number of carbonyl (C=O) groups excluding carboxylic acids is 2. The molecule has 0 unspecified atom stereocenters. The van der Waals surface area contributed by atoms with E-state index in [0.717, 1.165) is 4.31 Å². The first kappa shape index (κ1) is 29.7. The summed E-state index contributed by atoms with van der Waals surface area (Å²) in [6, 6.07) is 3.86. The largest absolute Gasteiger partial charge is 0.484 e. The Balaban J connectivity index is 1.63. The predicted molar refractivity (Wildman–Crippen MR) is 136 cm³/mol. The van der Waals surface area contributed by atoms with Gasteiger partial charge < -0.3 is 19.5 Å². The van der Waals surface area contributed by atoms with Crippen molar-refractivity contribution in [3.63, 3.8) is 0 Å². The normalized spacial score (nSPS) is 17.9. The molecule has 2 aliphatic rings. The van der Waals surface area contributed by atoms with Crippen molar-refractivity contribution in [1.29, 1.82) is 0 Å². The van der Waals surface area contributed by atoms with Crippen molar-refractivity contribution in [2.75, 3.05) is 35.9 Å². The number of benzene rings is 1. The molecule has 2 N–H and O–H groups in total. The van der Waals surface area contributed by atoms with Crippen molar-refractivity contribution in [1.82, 2.24) is 15.1 Å². The minimum Gasteiger partial charge on any atom is -0.484 e. The number of amides is 2. The molecule has 1 saturated heterocycles. The highest BCUT2D eigenvalue weighted by Crippen LogP contribution is 2.40. The summed E-state index contributed by atoms with van der Waals surface area (Å²) in [5.41, 5.74) is -2.86. The minimum atomic E-state index is -4.82. The van der Waals surface area contributed by atoms with Gasteiger partial charge in [0.25, 0.3) is 10.0 Å². The van der Waals surface area contributed by atoms with Crippen molar-refractivity contribution < 1.29 is 45.4 Å². The fourth-order valence-corrected chi connectivity index (χ4v) is 5.68. The molecular formula is C23H27ClF3N5O7S. The molecule has 0 saturated carbocycles. The maximum Gasteiger partial charge on any atom is 0.427 e.